The molecule has 4 aromatic carbocycles. The Morgan fingerprint density at radius 3 is 1.58 bits per heavy atom. The van der Waals surface area contributed by atoms with Crippen molar-refractivity contribution in [1.82, 2.24) is 0 Å². The van der Waals surface area contributed by atoms with Crippen LogP contribution in [-0.4, -0.2) is 0 Å². The number of rotatable bonds is 2. The number of aryl methyl sites for hydroxylation is 1. The summed E-state index contributed by atoms with van der Waals surface area (Å²) < 4.78 is 19.5. The fraction of sp³-hybridized carbons (Fsp3) is 0.0877. The summed E-state index contributed by atoms with van der Waals surface area (Å²) in [7, 11) is 0. The summed E-state index contributed by atoms with van der Waals surface area (Å²) in [6.45, 7) is 4.78. The summed E-state index contributed by atoms with van der Waals surface area (Å²) in [5.74, 6) is 3.61. The van der Waals surface area contributed by atoms with Gasteiger partial charge in [0.05, 0.1) is 0 Å². The Kier molecular flexibility index (Phi) is 8.63. The van der Waals surface area contributed by atoms with Crippen LogP contribution in [0.4, 0.5) is 0 Å². The summed E-state index contributed by atoms with van der Waals surface area (Å²) in [5.41, 5.74) is 16.3. The van der Waals surface area contributed by atoms with Crippen LogP contribution in [0, 0.1) is 0 Å². The molecule has 7 aromatic rings. The van der Waals surface area contributed by atoms with Crippen molar-refractivity contribution in [2.24, 2.45) is 0 Å². The van der Waals surface area contributed by atoms with E-state index in [4.69, 9.17) is 13.3 Å². The third kappa shape index (κ3) is 6.05. The molecule has 0 aliphatic heterocycles. The predicted octanol–water partition coefficient (Wildman–Crippen LogP) is 15.6. The standard InChI is InChI=1S/C57H42O3/c1-57(2)47-30-33-54-56(44-22-15-14-21-42-45-34-38(37-18-10-9-11-19-37)27-31-52(45)59-50(42)24-16-17-25-51(44)60-54)55(47)43-29-26-40(36-48(43)57)39-28-32-53-46(35-39)41-20-12-7-5-3-4-6-8-13-23-49(41)58-53/h3-29,31-32,34-36H,30,33H2,1-2H3/b4-3-,5-3?,6-4?,7-5+,8-6-,12-7?,13-8?,15-14?,17-16?,20-12+,21-14+,22-15+,23-13-,24-16-,25-17-,41-20?,42-21?,44-22?,49-23?,50-24?,51-25?. The van der Waals surface area contributed by atoms with Crippen molar-refractivity contribution in [2.75, 3.05) is 0 Å². The van der Waals surface area contributed by atoms with Gasteiger partial charge in [-0.3, -0.25) is 0 Å². The number of fused-ring (bicyclic) bond motifs is 12. The third-order valence-corrected chi connectivity index (χ3v) is 12.4. The van der Waals surface area contributed by atoms with Gasteiger partial charge in [0, 0.05) is 44.9 Å². The zero-order chi connectivity index (χ0) is 40.2. The van der Waals surface area contributed by atoms with Gasteiger partial charge in [-0.1, -0.05) is 165 Å². The topological polar surface area (TPSA) is 39.4 Å². The second-order valence-corrected chi connectivity index (χ2v) is 16.3. The number of furan rings is 3. The van der Waals surface area contributed by atoms with Gasteiger partial charge in [-0.2, -0.15) is 0 Å². The molecule has 0 amide bonds. The number of hydrogen-bond acceptors (Lipinski definition) is 3. The van der Waals surface area contributed by atoms with Crippen molar-refractivity contribution in [3.63, 3.8) is 0 Å². The number of benzene rings is 4. The highest BCUT2D eigenvalue weighted by Gasteiger charge is 2.42. The molecule has 60 heavy (non-hydrogen) atoms. The lowest BCUT2D eigenvalue weighted by molar-refractivity contribution is 0.488. The first-order chi connectivity index (χ1) is 29.5. The Labute approximate surface area is 350 Å². The van der Waals surface area contributed by atoms with Crippen molar-refractivity contribution in [2.45, 2.75) is 32.1 Å². The van der Waals surface area contributed by atoms with E-state index in [1.165, 1.54) is 50.1 Å². The molecular weight excluding hydrogens is 733 g/mol. The molecule has 3 heteroatoms. The van der Waals surface area contributed by atoms with Crippen molar-refractivity contribution >= 4 is 64.0 Å². The van der Waals surface area contributed by atoms with E-state index < -0.39 is 0 Å². The van der Waals surface area contributed by atoms with Gasteiger partial charge in [0.1, 0.15) is 34.2 Å². The minimum atomic E-state index is -0.141. The van der Waals surface area contributed by atoms with Crippen LogP contribution in [0.3, 0.4) is 0 Å². The van der Waals surface area contributed by atoms with Crippen molar-refractivity contribution < 1.29 is 13.3 Å². The lowest BCUT2D eigenvalue weighted by Crippen LogP contribution is -2.19. The summed E-state index contributed by atoms with van der Waals surface area (Å²) in [6.07, 6.45) is 39.2. The average Bonchev–Trinajstić information content (AvgIpc) is 3.97. The molecule has 11 rings (SSSR count). The van der Waals surface area contributed by atoms with E-state index in [0.29, 0.717) is 0 Å². The van der Waals surface area contributed by atoms with Crippen LogP contribution in [0.15, 0.2) is 177 Å². The molecule has 3 aromatic heterocycles. The molecule has 4 aliphatic rings. The minimum absolute atomic E-state index is 0.141. The van der Waals surface area contributed by atoms with Gasteiger partial charge in [-0.15, -0.1) is 0 Å². The van der Waals surface area contributed by atoms with Gasteiger partial charge in [0.25, 0.3) is 0 Å². The quantitative estimate of drug-likeness (QED) is 0.176. The normalized spacial score (nSPS) is 21.0. The fourth-order valence-corrected chi connectivity index (χ4v) is 9.43. The molecule has 0 bridgehead atoms. The Balaban J connectivity index is 0.967. The smallest absolute Gasteiger partial charge is 0.135 e. The van der Waals surface area contributed by atoms with Crippen LogP contribution >= 0.6 is 0 Å². The fourth-order valence-electron chi connectivity index (χ4n) is 9.43. The second kappa shape index (κ2) is 14.5. The van der Waals surface area contributed by atoms with E-state index in [1.807, 2.05) is 54.7 Å². The summed E-state index contributed by atoms with van der Waals surface area (Å²) >= 11 is 0. The summed E-state index contributed by atoms with van der Waals surface area (Å²) in [5, 5.41) is 2.19. The van der Waals surface area contributed by atoms with Crippen LogP contribution < -0.4 is 0 Å². The van der Waals surface area contributed by atoms with E-state index in [1.54, 1.807) is 0 Å². The maximum absolute atomic E-state index is 6.73. The summed E-state index contributed by atoms with van der Waals surface area (Å²) in [6, 6.07) is 30.6. The molecule has 0 fully saturated rings. The van der Waals surface area contributed by atoms with Crippen LogP contribution in [0.25, 0.3) is 86.2 Å². The van der Waals surface area contributed by atoms with Gasteiger partial charge in [0.2, 0.25) is 0 Å². The molecule has 3 nitrogen and oxygen atoms in total. The SMILES string of the molecule is CC1(C)C2=C(c3ccc(-c4ccc5oc6c(c5c4)/C=C/C=C/C=C\C=C/C=C\6)cc31)c1c(oc3c1/C=C/C=C/c1c(oc4ccc(-c5ccccc5)cc14)/C=C\C=C/3)CC2. The van der Waals surface area contributed by atoms with Crippen molar-refractivity contribution in [3.05, 3.63) is 220 Å². The van der Waals surface area contributed by atoms with E-state index in [0.717, 1.165) is 74.5 Å². The first-order valence-electron chi connectivity index (χ1n) is 20.8. The zero-order valence-electron chi connectivity index (χ0n) is 33.6. The van der Waals surface area contributed by atoms with Crippen LogP contribution in [0.5, 0.6) is 0 Å². The Morgan fingerprint density at radius 1 is 0.433 bits per heavy atom. The molecule has 0 saturated carbocycles. The average molecular weight is 775 g/mol. The van der Waals surface area contributed by atoms with E-state index in [-0.39, 0.29) is 5.41 Å². The van der Waals surface area contributed by atoms with Crippen molar-refractivity contribution in [1.29, 1.82) is 0 Å². The monoisotopic (exact) mass is 774 g/mol. The number of hydrogen-bond donors (Lipinski definition) is 0. The highest BCUT2D eigenvalue weighted by molar-refractivity contribution is 5.99. The van der Waals surface area contributed by atoms with Gasteiger partial charge >= 0.3 is 0 Å². The Bertz CT molecular complexity index is 3200. The summed E-state index contributed by atoms with van der Waals surface area (Å²) in [4.78, 5) is 0. The van der Waals surface area contributed by atoms with Gasteiger partial charge in [-0.25, -0.2) is 0 Å². The molecule has 3 heterocycles. The maximum atomic E-state index is 6.73. The molecule has 0 unspecified atom stereocenters. The zero-order valence-corrected chi connectivity index (χ0v) is 33.6. The second-order valence-electron chi connectivity index (χ2n) is 16.3. The van der Waals surface area contributed by atoms with Crippen molar-refractivity contribution in [3.8, 4) is 22.3 Å². The minimum Gasteiger partial charge on any atom is -0.460 e. The Morgan fingerprint density at radius 2 is 0.933 bits per heavy atom. The lowest BCUT2D eigenvalue weighted by Gasteiger charge is -2.27. The number of allylic oxidation sites excluding steroid dienone is 13. The third-order valence-electron chi connectivity index (χ3n) is 12.4. The maximum Gasteiger partial charge on any atom is 0.135 e. The van der Waals surface area contributed by atoms with E-state index in [9.17, 15) is 0 Å². The first kappa shape index (κ1) is 35.8. The molecule has 4 aliphatic carbocycles. The molecule has 0 radical (unpaired) electrons. The highest BCUT2D eigenvalue weighted by Crippen LogP contribution is 2.55. The van der Waals surface area contributed by atoms with Gasteiger partial charge in [0.15, 0.2) is 0 Å². The van der Waals surface area contributed by atoms with E-state index in [2.05, 4.69) is 153 Å². The van der Waals surface area contributed by atoms with Crippen LogP contribution in [0.2, 0.25) is 0 Å². The lowest BCUT2D eigenvalue weighted by atomic mass is 9.76. The van der Waals surface area contributed by atoms with Gasteiger partial charge < -0.3 is 13.3 Å². The van der Waals surface area contributed by atoms with Crippen LogP contribution in [0.1, 0.15) is 76.7 Å². The molecule has 0 spiro atoms. The molecule has 288 valence electrons. The molecule has 0 saturated heterocycles. The predicted molar refractivity (Wildman–Crippen MR) is 251 cm³/mol. The largest absolute Gasteiger partial charge is 0.460 e. The Hall–Kier alpha value is -7.36. The van der Waals surface area contributed by atoms with Gasteiger partial charge in [-0.05, 0) is 93.9 Å². The molecule has 0 atom stereocenters. The highest BCUT2D eigenvalue weighted by atomic mass is 16.3. The molecular formula is C57H42O3. The molecule has 0 N–H and O–H groups in total. The first-order valence-corrected chi connectivity index (χ1v) is 20.8. The van der Waals surface area contributed by atoms with E-state index >= 15 is 0 Å². The van der Waals surface area contributed by atoms with Crippen LogP contribution in [-0.2, 0) is 11.8 Å².